The number of likely N-dealkylation sites (N-methyl/N-ethyl adjacent to an activating group) is 1. The van der Waals surface area contributed by atoms with Crippen LogP contribution in [0.1, 0.15) is 30.6 Å². The van der Waals surface area contributed by atoms with Crippen molar-refractivity contribution in [1.82, 2.24) is 9.80 Å². The van der Waals surface area contributed by atoms with E-state index in [1.54, 1.807) is 12.1 Å². The number of aliphatic carboxylic acids is 1. The van der Waals surface area contributed by atoms with E-state index in [0.29, 0.717) is 18.7 Å². The highest BCUT2D eigenvalue weighted by Crippen LogP contribution is 2.22. The summed E-state index contributed by atoms with van der Waals surface area (Å²) in [7, 11) is 0. The fourth-order valence-electron chi connectivity index (χ4n) is 3.07. The quantitative estimate of drug-likeness (QED) is 0.813. The summed E-state index contributed by atoms with van der Waals surface area (Å²) in [6.07, 6.45) is 0.640. The molecule has 1 aliphatic heterocycles. The van der Waals surface area contributed by atoms with E-state index in [1.807, 2.05) is 11.8 Å². The standard InChI is InChI=1S/C18H26FN3O3/c1-3-7-22(13-17(23)24)18(25)14-5-6-16(15(19)12-14)21-10-8-20(4-2)9-11-21/h5-6,12H,3-4,7-11,13H2,1-2H3,(H,23,24). The molecule has 1 fully saturated rings. The lowest BCUT2D eigenvalue weighted by Gasteiger charge is -2.35. The molecule has 0 atom stereocenters. The lowest BCUT2D eigenvalue weighted by molar-refractivity contribution is -0.137. The third-order valence-electron chi connectivity index (χ3n) is 4.46. The van der Waals surface area contributed by atoms with Gasteiger partial charge in [0.25, 0.3) is 5.91 Å². The van der Waals surface area contributed by atoms with Crippen molar-refractivity contribution in [2.45, 2.75) is 20.3 Å². The number of carboxylic acid groups (broad SMARTS) is 1. The summed E-state index contributed by atoms with van der Waals surface area (Å²) in [5.74, 6) is -1.97. The van der Waals surface area contributed by atoms with Crippen molar-refractivity contribution in [3.8, 4) is 0 Å². The molecule has 1 aliphatic rings. The second-order valence-corrected chi connectivity index (χ2v) is 6.21. The van der Waals surface area contributed by atoms with Gasteiger partial charge in [-0.1, -0.05) is 13.8 Å². The van der Waals surface area contributed by atoms with E-state index in [1.165, 1.54) is 11.0 Å². The van der Waals surface area contributed by atoms with Crippen LogP contribution in [-0.2, 0) is 4.79 Å². The molecule has 1 saturated heterocycles. The number of piperazine rings is 1. The molecule has 6 nitrogen and oxygen atoms in total. The Hall–Kier alpha value is -2.15. The highest BCUT2D eigenvalue weighted by Gasteiger charge is 2.22. The first-order chi connectivity index (χ1) is 12.0. The molecule has 25 heavy (non-hydrogen) atoms. The van der Waals surface area contributed by atoms with Crippen LogP contribution >= 0.6 is 0 Å². The third kappa shape index (κ3) is 4.92. The van der Waals surface area contributed by atoms with E-state index in [0.717, 1.165) is 32.7 Å². The summed E-state index contributed by atoms with van der Waals surface area (Å²) in [5.41, 5.74) is 0.677. The Balaban J connectivity index is 2.12. The molecule has 0 spiro atoms. The number of rotatable bonds is 7. The molecule has 0 radical (unpaired) electrons. The molecule has 7 heteroatoms. The largest absolute Gasteiger partial charge is 0.480 e. The average molecular weight is 351 g/mol. The number of hydrogen-bond donors (Lipinski definition) is 1. The van der Waals surface area contributed by atoms with E-state index < -0.39 is 17.7 Å². The molecule has 1 N–H and O–H groups in total. The molecule has 0 unspecified atom stereocenters. The average Bonchev–Trinajstić information content (AvgIpc) is 2.60. The van der Waals surface area contributed by atoms with Crippen molar-refractivity contribution in [2.24, 2.45) is 0 Å². The molecule has 0 bridgehead atoms. The SMILES string of the molecule is CCCN(CC(=O)O)C(=O)c1ccc(N2CCN(CC)CC2)c(F)c1. The zero-order valence-corrected chi connectivity index (χ0v) is 14.9. The Bertz CT molecular complexity index is 616. The number of carbonyl (C=O) groups is 2. The van der Waals surface area contributed by atoms with Crippen LogP contribution in [0.2, 0.25) is 0 Å². The summed E-state index contributed by atoms with van der Waals surface area (Å²) >= 11 is 0. The van der Waals surface area contributed by atoms with Crippen molar-refractivity contribution in [3.63, 3.8) is 0 Å². The van der Waals surface area contributed by atoms with Gasteiger partial charge in [0.05, 0.1) is 5.69 Å². The summed E-state index contributed by atoms with van der Waals surface area (Å²) in [6.45, 7) is 8.18. The first kappa shape index (κ1) is 19.2. The number of halogens is 1. The third-order valence-corrected chi connectivity index (χ3v) is 4.46. The Labute approximate surface area is 147 Å². The fraction of sp³-hybridized carbons (Fsp3) is 0.556. The van der Waals surface area contributed by atoms with E-state index in [-0.39, 0.29) is 12.1 Å². The van der Waals surface area contributed by atoms with Crippen molar-refractivity contribution >= 4 is 17.6 Å². The van der Waals surface area contributed by atoms with E-state index >= 15 is 0 Å². The van der Waals surface area contributed by atoms with E-state index in [9.17, 15) is 14.0 Å². The number of carboxylic acids is 1. The number of nitrogens with zero attached hydrogens (tertiary/aromatic N) is 3. The van der Waals surface area contributed by atoms with Gasteiger partial charge in [-0.15, -0.1) is 0 Å². The lowest BCUT2D eigenvalue weighted by atomic mass is 10.1. The van der Waals surface area contributed by atoms with Crippen LogP contribution < -0.4 is 4.90 Å². The van der Waals surface area contributed by atoms with E-state index in [4.69, 9.17) is 5.11 Å². The Morgan fingerprint density at radius 2 is 1.88 bits per heavy atom. The summed E-state index contributed by atoms with van der Waals surface area (Å²) < 4.78 is 14.5. The van der Waals surface area contributed by atoms with Gasteiger partial charge in [0.2, 0.25) is 0 Å². The molecule has 1 aromatic rings. The Kier molecular flexibility index (Phi) is 6.75. The maximum absolute atomic E-state index is 14.5. The molecule has 0 saturated carbocycles. The van der Waals surface area contributed by atoms with Crippen LogP contribution in [0, 0.1) is 5.82 Å². The molecule has 1 heterocycles. The molecule has 1 amide bonds. The maximum Gasteiger partial charge on any atom is 0.323 e. The molecule has 0 aliphatic carbocycles. The second-order valence-electron chi connectivity index (χ2n) is 6.21. The first-order valence-corrected chi connectivity index (χ1v) is 8.74. The number of hydrogen-bond acceptors (Lipinski definition) is 4. The molecular formula is C18H26FN3O3. The van der Waals surface area contributed by atoms with Crippen LogP contribution in [0.15, 0.2) is 18.2 Å². The Morgan fingerprint density at radius 1 is 1.20 bits per heavy atom. The van der Waals surface area contributed by atoms with Gasteiger partial charge in [-0.25, -0.2) is 4.39 Å². The molecule has 1 aromatic carbocycles. The van der Waals surface area contributed by atoms with Crippen LogP contribution in [0.4, 0.5) is 10.1 Å². The minimum Gasteiger partial charge on any atom is -0.480 e. The summed E-state index contributed by atoms with van der Waals surface area (Å²) in [5, 5.41) is 8.94. The second kappa shape index (κ2) is 8.80. The highest BCUT2D eigenvalue weighted by atomic mass is 19.1. The molecular weight excluding hydrogens is 325 g/mol. The van der Waals surface area contributed by atoms with E-state index in [2.05, 4.69) is 11.8 Å². The van der Waals surface area contributed by atoms with Crippen LogP contribution in [-0.4, -0.2) is 72.6 Å². The predicted octanol–water partition coefficient (Wildman–Crippen LogP) is 1.90. The van der Waals surface area contributed by atoms with Gasteiger partial charge >= 0.3 is 5.97 Å². The van der Waals surface area contributed by atoms with Gasteiger partial charge in [0.15, 0.2) is 0 Å². The Morgan fingerprint density at radius 3 is 2.40 bits per heavy atom. The van der Waals surface area contributed by atoms with Crippen molar-refractivity contribution in [3.05, 3.63) is 29.6 Å². The lowest BCUT2D eigenvalue weighted by Crippen LogP contribution is -2.46. The number of benzene rings is 1. The number of carbonyl (C=O) groups excluding carboxylic acids is 1. The molecule has 0 aromatic heterocycles. The van der Waals surface area contributed by atoms with Crippen molar-refractivity contribution < 1.29 is 19.1 Å². The van der Waals surface area contributed by atoms with Gasteiger partial charge in [-0.2, -0.15) is 0 Å². The number of amides is 1. The fourth-order valence-corrected chi connectivity index (χ4v) is 3.07. The molecule has 2 rings (SSSR count). The minimum atomic E-state index is -1.08. The van der Waals surface area contributed by atoms with Crippen LogP contribution in [0.5, 0.6) is 0 Å². The predicted molar refractivity (Wildman–Crippen MR) is 94.6 cm³/mol. The zero-order valence-electron chi connectivity index (χ0n) is 14.9. The van der Waals surface area contributed by atoms with Crippen molar-refractivity contribution in [2.75, 3.05) is 50.7 Å². The monoisotopic (exact) mass is 351 g/mol. The highest BCUT2D eigenvalue weighted by molar-refractivity contribution is 5.96. The normalized spacial score (nSPS) is 15.2. The van der Waals surface area contributed by atoms with Crippen LogP contribution in [0.3, 0.4) is 0 Å². The van der Waals surface area contributed by atoms with Gasteiger partial charge in [-0.3, -0.25) is 9.59 Å². The number of anilines is 1. The maximum atomic E-state index is 14.5. The van der Waals surface area contributed by atoms with Crippen LogP contribution in [0.25, 0.3) is 0 Å². The first-order valence-electron chi connectivity index (χ1n) is 8.74. The van der Waals surface area contributed by atoms with Gasteiger partial charge in [0.1, 0.15) is 12.4 Å². The minimum absolute atomic E-state index is 0.183. The van der Waals surface area contributed by atoms with Gasteiger partial charge < -0.3 is 19.8 Å². The van der Waals surface area contributed by atoms with Gasteiger partial charge in [-0.05, 0) is 31.2 Å². The molecule has 138 valence electrons. The topological polar surface area (TPSA) is 64.1 Å². The summed E-state index contributed by atoms with van der Waals surface area (Å²) in [6, 6.07) is 4.42. The zero-order chi connectivity index (χ0) is 18.4. The summed E-state index contributed by atoms with van der Waals surface area (Å²) in [4.78, 5) is 28.9. The van der Waals surface area contributed by atoms with Crippen molar-refractivity contribution in [1.29, 1.82) is 0 Å². The van der Waals surface area contributed by atoms with Gasteiger partial charge in [0, 0.05) is 38.3 Å². The smallest absolute Gasteiger partial charge is 0.323 e.